The summed E-state index contributed by atoms with van der Waals surface area (Å²) in [6.45, 7) is 6.00. The zero-order valence-corrected chi connectivity index (χ0v) is 15.8. The Kier molecular flexibility index (Phi) is 3.95. The first-order chi connectivity index (χ1) is 12.3. The van der Waals surface area contributed by atoms with Crippen LogP contribution in [0.4, 0.5) is 10.9 Å². The number of hydrogen-bond acceptors (Lipinski definition) is 6. The number of hydrogen-bond donors (Lipinski definition) is 2. The molecular weight excluding hydrogens is 350 g/mol. The molecule has 2 aliphatic rings. The van der Waals surface area contributed by atoms with Crippen LogP contribution in [0.5, 0.6) is 0 Å². The molecule has 1 fully saturated rings. The fourth-order valence-corrected chi connectivity index (χ4v) is 4.48. The van der Waals surface area contributed by atoms with Crippen molar-refractivity contribution in [1.82, 2.24) is 14.9 Å². The first-order valence-corrected chi connectivity index (χ1v) is 9.52. The number of aromatic nitrogens is 2. The van der Waals surface area contributed by atoms with E-state index >= 15 is 0 Å². The van der Waals surface area contributed by atoms with Crippen LogP contribution in [0.15, 0.2) is 6.07 Å². The molecule has 26 heavy (non-hydrogen) atoms. The summed E-state index contributed by atoms with van der Waals surface area (Å²) < 4.78 is 0. The van der Waals surface area contributed by atoms with Crippen LogP contribution in [0.3, 0.4) is 0 Å². The van der Waals surface area contributed by atoms with Crippen LogP contribution in [-0.2, 0) is 11.3 Å². The molecule has 0 unspecified atom stereocenters. The normalized spacial score (nSPS) is 17.3. The molecule has 0 spiro atoms. The van der Waals surface area contributed by atoms with Gasteiger partial charge in [-0.15, -0.1) is 0 Å². The first kappa shape index (κ1) is 17.0. The predicted molar refractivity (Wildman–Crippen MR) is 101 cm³/mol. The van der Waals surface area contributed by atoms with Crippen molar-refractivity contribution in [2.45, 2.75) is 46.2 Å². The maximum atomic E-state index is 12.8. The van der Waals surface area contributed by atoms with Crippen LogP contribution in [0.2, 0.25) is 0 Å². The molecule has 4 rings (SSSR count). The summed E-state index contributed by atoms with van der Waals surface area (Å²) in [6.07, 6.45) is 2.37. The fraction of sp³-hybridized carbons (Fsp3) is 0.444. The van der Waals surface area contributed by atoms with Crippen LogP contribution in [0, 0.1) is 12.8 Å². The van der Waals surface area contributed by atoms with Crippen molar-refractivity contribution in [3.05, 3.63) is 22.9 Å². The summed E-state index contributed by atoms with van der Waals surface area (Å²) in [7, 11) is 0. The van der Waals surface area contributed by atoms with E-state index in [0.717, 1.165) is 16.1 Å². The lowest BCUT2D eigenvalue weighted by molar-refractivity contribution is -0.114. The third-order valence-electron chi connectivity index (χ3n) is 5.05. The Balaban J connectivity index is 1.69. The third-order valence-corrected chi connectivity index (χ3v) is 6.15. The molecule has 3 heterocycles. The lowest BCUT2D eigenvalue weighted by Crippen LogP contribution is -2.34. The van der Waals surface area contributed by atoms with E-state index in [9.17, 15) is 9.59 Å². The van der Waals surface area contributed by atoms with Crippen molar-refractivity contribution in [1.29, 1.82) is 0 Å². The number of carbonyl (C=O) groups is 2. The van der Waals surface area contributed by atoms with Crippen molar-refractivity contribution >= 4 is 34.1 Å². The highest BCUT2D eigenvalue weighted by atomic mass is 32.1. The molecule has 1 saturated carbocycles. The standard InChI is InChI=1S/C18H21N5O2S/c1-8-15(26-18(20-8)21-10(3)24)13-6-12-7-23(9(2)11-4-5-11)17(25)14(12)16(19)22-13/h6,9,11H,4-5,7H2,1-3H3,(H2,19,22)(H,20,21,24)/t9-/m0/s1. The van der Waals surface area contributed by atoms with Gasteiger partial charge in [0.1, 0.15) is 5.82 Å². The summed E-state index contributed by atoms with van der Waals surface area (Å²) in [5, 5.41) is 3.23. The molecule has 2 aromatic rings. The zero-order valence-electron chi connectivity index (χ0n) is 15.0. The SMILES string of the molecule is CC(=O)Nc1nc(C)c(-c2cc3c(c(N)n2)C(=O)N([C@@H](C)C2CC2)C3)s1. The lowest BCUT2D eigenvalue weighted by atomic mass is 10.1. The third kappa shape index (κ3) is 2.84. The molecule has 136 valence electrons. The highest BCUT2D eigenvalue weighted by molar-refractivity contribution is 7.19. The number of nitrogens with one attached hydrogen (secondary N) is 1. The maximum Gasteiger partial charge on any atom is 0.258 e. The molecule has 8 heteroatoms. The Morgan fingerprint density at radius 2 is 2.15 bits per heavy atom. The van der Waals surface area contributed by atoms with Gasteiger partial charge in [-0.25, -0.2) is 9.97 Å². The number of nitrogen functional groups attached to an aromatic ring is 1. The van der Waals surface area contributed by atoms with Gasteiger partial charge < -0.3 is 16.0 Å². The summed E-state index contributed by atoms with van der Waals surface area (Å²) in [5.74, 6) is 0.686. The number of anilines is 2. The minimum Gasteiger partial charge on any atom is -0.383 e. The second-order valence-electron chi connectivity index (χ2n) is 7.05. The summed E-state index contributed by atoms with van der Waals surface area (Å²) in [6, 6.07) is 2.16. The van der Waals surface area contributed by atoms with Crippen molar-refractivity contribution in [2.24, 2.45) is 5.92 Å². The molecule has 2 aromatic heterocycles. The van der Waals surface area contributed by atoms with Gasteiger partial charge in [-0.1, -0.05) is 11.3 Å². The van der Waals surface area contributed by atoms with E-state index in [4.69, 9.17) is 5.73 Å². The Labute approximate surface area is 155 Å². The molecule has 2 amide bonds. The van der Waals surface area contributed by atoms with Crippen LogP contribution in [-0.4, -0.2) is 32.7 Å². The van der Waals surface area contributed by atoms with E-state index in [1.807, 2.05) is 17.9 Å². The summed E-state index contributed by atoms with van der Waals surface area (Å²) in [5.41, 5.74) is 9.07. The number of fused-ring (bicyclic) bond motifs is 1. The fourth-order valence-electron chi connectivity index (χ4n) is 3.51. The molecule has 0 radical (unpaired) electrons. The van der Waals surface area contributed by atoms with E-state index in [1.54, 1.807) is 0 Å². The predicted octanol–water partition coefficient (Wildman–Crippen LogP) is 2.81. The quantitative estimate of drug-likeness (QED) is 0.860. The maximum absolute atomic E-state index is 12.8. The van der Waals surface area contributed by atoms with Gasteiger partial charge in [0.05, 0.1) is 21.8 Å². The number of nitrogens with zero attached hydrogens (tertiary/aromatic N) is 3. The average molecular weight is 371 g/mol. The van der Waals surface area contributed by atoms with Gasteiger partial charge in [0, 0.05) is 19.5 Å². The van der Waals surface area contributed by atoms with E-state index in [1.165, 1.54) is 31.1 Å². The molecule has 1 aliphatic carbocycles. The Hall–Kier alpha value is -2.48. The van der Waals surface area contributed by atoms with Crippen LogP contribution < -0.4 is 11.1 Å². The van der Waals surface area contributed by atoms with Gasteiger partial charge in [0.2, 0.25) is 5.91 Å². The highest BCUT2D eigenvalue weighted by Gasteiger charge is 2.40. The molecule has 3 N–H and O–H groups in total. The van der Waals surface area contributed by atoms with Crippen LogP contribution in [0.1, 0.15) is 48.3 Å². The van der Waals surface area contributed by atoms with Gasteiger partial charge in [-0.2, -0.15) is 0 Å². The summed E-state index contributed by atoms with van der Waals surface area (Å²) in [4.78, 5) is 35.6. The largest absolute Gasteiger partial charge is 0.383 e. The van der Waals surface area contributed by atoms with E-state index in [0.29, 0.717) is 28.9 Å². The van der Waals surface area contributed by atoms with Crippen LogP contribution in [0.25, 0.3) is 10.6 Å². The second-order valence-corrected chi connectivity index (χ2v) is 8.05. The van der Waals surface area contributed by atoms with Gasteiger partial charge in [0.15, 0.2) is 5.13 Å². The number of rotatable bonds is 4. The molecule has 0 saturated heterocycles. The minimum absolute atomic E-state index is 0.0177. The van der Waals surface area contributed by atoms with Crippen molar-refractivity contribution < 1.29 is 9.59 Å². The lowest BCUT2D eigenvalue weighted by Gasteiger charge is -2.23. The number of thiazole rings is 1. The number of pyridine rings is 1. The smallest absolute Gasteiger partial charge is 0.258 e. The van der Waals surface area contributed by atoms with E-state index in [2.05, 4.69) is 22.2 Å². The number of aryl methyl sites for hydroxylation is 1. The number of amides is 2. The highest BCUT2D eigenvalue weighted by Crippen LogP contribution is 2.40. The molecule has 7 nitrogen and oxygen atoms in total. The van der Waals surface area contributed by atoms with Crippen molar-refractivity contribution in [3.8, 4) is 10.6 Å². The van der Waals surface area contributed by atoms with Crippen LogP contribution >= 0.6 is 11.3 Å². The Bertz CT molecular complexity index is 919. The van der Waals surface area contributed by atoms with Gasteiger partial charge in [-0.3, -0.25) is 9.59 Å². The van der Waals surface area contributed by atoms with Crippen molar-refractivity contribution in [3.63, 3.8) is 0 Å². The zero-order chi connectivity index (χ0) is 18.6. The Morgan fingerprint density at radius 1 is 1.42 bits per heavy atom. The van der Waals surface area contributed by atoms with Gasteiger partial charge >= 0.3 is 0 Å². The summed E-state index contributed by atoms with van der Waals surface area (Å²) >= 11 is 1.36. The first-order valence-electron chi connectivity index (χ1n) is 8.71. The molecule has 0 bridgehead atoms. The molecule has 0 aromatic carbocycles. The van der Waals surface area contributed by atoms with Gasteiger partial charge in [0.25, 0.3) is 5.91 Å². The molecule has 1 atom stereocenters. The van der Waals surface area contributed by atoms with E-state index < -0.39 is 0 Å². The average Bonchev–Trinajstić information content (AvgIpc) is 3.27. The van der Waals surface area contributed by atoms with Gasteiger partial charge in [-0.05, 0) is 44.2 Å². The van der Waals surface area contributed by atoms with Crippen molar-refractivity contribution in [2.75, 3.05) is 11.1 Å². The van der Waals surface area contributed by atoms with E-state index in [-0.39, 0.29) is 23.7 Å². The molecule has 1 aliphatic heterocycles. The number of carbonyl (C=O) groups excluding carboxylic acids is 2. The minimum atomic E-state index is -0.165. The second kappa shape index (κ2) is 6.05. The Morgan fingerprint density at radius 3 is 2.81 bits per heavy atom. The monoisotopic (exact) mass is 371 g/mol. The number of nitrogens with two attached hydrogens (primary N) is 1. The molecular formula is C18H21N5O2S. The topological polar surface area (TPSA) is 101 Å².